The van der Waals surface area contributed by atoms with Gasteiger partial charge in [0, 0.05) is 32.6 Å². The Labute approximate surface area is 138 Å². The van der Waals surface area contributed by atoms with Gasteiger partial charge in [-0.3, -0.25) is 0 Å². The molecule has 1 aliphatic rings. The van der Waals surface area contributed by atoms with Crippen LogP contribution in [0.5, 0.6) is 0 Å². The van der Waals surface area contributed by atoms with Crippen LogP contribution in [0.4, 0.5) is 4.79 Å². The minimum absolute atomic E-state index is 0.111. The van der Waals surface area contributed by atoms with Crippen LogP contribution in [-0.4, -0.2) is 39.8 Å². The summed E-state index contributed by atoms with van der Waals surface area (Å²) >= 11 is 3.47. The number of carbonyl (C=O) groups is 1. The molecule has 0 unspecified atom stereocenters. The highest BCUT2D eigenvalue weighted by atomic mass is 79.9. The van der Waals surface area contributed by atoms with Gasteiger partial charge in [-0.25, -0.2) is 9.78 Å². The van der Waals surface area contributed by atoms with E-state index >= 15 is 0 Å². The minimum atomic E-state index is -0.111. The molecule has 0 spiro atoms. The Morgan fingerprint density at radius 1 is 1.45 bits per heavy atom. The fourth-order valence-electron chi connectivity index (χ4n) is 2.57. The number of amides is 1. The summed E-state index contributed by atoms with van der Waals surface area (Å²) in [6, 6.07) is 5.88. The normalized spacial score (nSPS) is 14.7. The van der Waals surface area contributed by atoms with Crippen LogP contribution in [-0.2, 0) is 6.42 Å². The summed E-state index contributed by atoms with van der Waals surface area (Å²) in [6.07, 6.45) is 5.97. The molecular formula is C16H19BrN4O. The van der Waals surface area contributed by atoms with Gasteiger partial charge in [0.25, 0.3) is 0 Å². The van der Waals surface area contributed by atoms with Gasteiger partial charge in [-0.1, -0.05) is 12.5 Å². The lowest BCUT2D eigenvalue weighted by Gasteiger charge is -2.22. The highest BCUT2D eigenvalue weighted by Crippen LogP contribution is 2.36. The summed E-state index contributed by atoms with van der Waals surface area (Å²) in [7, 11) is 3.49. The zero-order chi connectivity index (χ0) is 15.7. The molecule has 3 rings (SSSR count). The zero-order valence-corrected chi connectivity index (χ0v) is 14.4. The lowest BCUT2D eigenvalue weighted by molar-refractivity contribution is 0.214. The molecule has 2 aromatic rings. The summed E-state index contributed by atoms with van der Waals surface area (Å²) < 4.78 is 2.35. The van der Waals surface area contributed by atoms with Crippen LogP contribution in [0.2, 0.25) is 0 Å². The van der Waals surface area contributed by atoms with E-state index in [9.17, 15) is 4.79 Å². The Bertz CT molecular complexity index is 691. The number of carbonyl (C=O) groups excluding carboxylic acids is 1. The van der Waals surface area contributed by atoms with E-state index in [1.807, 2.05) is 12.1 Å². The third-order valence-electron chi connectivity index (χ3n) is 4.10. The first-order chi connectivity index (χ1) is 10.6. The summed E-state index contributed by atoms with van der Waals surface area (Å²) in [6.45, 7) is 0. The molecule has 5 nitrogen and oxygen atoms in total. The average Bonchev–Trinajstić information content (AvgIpc) is 2.82. The van der Waals surface area contributed by atoms with Crippen molar-refractivity contribution < 1.29 is 4.79 Å². The predicted molar refractivity (Wildman–Crippen MR) is 88.0 cm³/mol. The molecule has 0 radical (unpaired) electrons. The van der Waals surface area contributed by atoms with Crippen molar-refractivity contribution in [2.24, 2.45) is 0 Å². The molecule has 6 heteroatoms. The van der Waals surface area contributed by atoms with Crippen molar-refractivity contribution >= 4 is 22.0 Å². The van der Waals surface area contributed by atoms with Gasteiger partial charge in [0.1, 0.15) is 4.60 Å². The molecule has 22 heavy (non-hydrogen) atoms. The van der Waals surface area contributed by atoms with Crippen molar-refractivity contribution in [2.45, 2.75) is 31.6 Å². The van der Waals surface area contributed by atoms with Crippen LogP contribution in [0.15, 0.2) is 29.0 Å². The third-order valence-corrected chi connectivity index (χ3v) is 4.81. The van der Waals surface area contributed by atoms with Gasteiger partial charge in [-0.2, -0.15) is 9.78 Å². The van der Waals surface area contributed by atoms with E-state index in [-0.39, 0.29) is 6.03 Å². The number of aromatic nitrogens is 3. The van der Waals surface area contributed by atoms with Crippen molar-refractivity contribution in [3.05, 3.63) is 46.0 Å². The number of hydrogen-bond donors (Lipinski definition) is 0. The fraction of sp³-hybridized carbons (Fsp3) is 0.438. The summed E-state index contributed by atoms with van der Waals surface area (Å²) in [5.41, 5.74) is 3.00. The molecule has 1 fully saturated rings. The maximum Gasteiger partial charge on any atom is 0.344 e. The molecule has 2 aromatic heterocycles. The zero-order valence-electron chi connectivity index (χ0n) is 12.8. The van der Waals surface area contributed by atoms with E-state index < -0.39 is 0 Å². The molecule has 1 amide bonds. The van der Waals surface area contributed by atoms with Crippen LogP contribution in [0.3, 0.4) is 0 Å². The first-order valence-corrected chi connectivity index (χ1v) is 8.25. The summed E-state index contributed by atoms with van der Waals surface area (Å²) in [5.74, 6) is 0.507. The molecule has 1 saturated carbocycles. The second-order valence-corrected chi connectivity index (χ2v) is 6.66. The standard InChI is InChI=1S/C16H19BrN4O/c1-20(2)16(22)21-13(9-12-7-4-8-18-15(12)17)10-14(19-21)11-5-3-6-11/h4,7-8,10-11H,3,5-6,9H2,1-2H3. The van der Waals surface area contributed by atoms with Gasteiger partial charge >= 0.3 is 6.03 Å². The van der Waals surface area contributed by atoms with E-state index in [2.05, 4.69) is 32.1 Å². The molecule has 2 heterocycles. The van der Waals surface area contributed by atoms with E-state index in [1.54, 1.807) is 25.2 Å². The Morgan fingerprint density at radius 3 is 2.82 bits per heavy atom. The average molecular weight is 363 g/mol. The van der Waals surface area contributed by atoms with Gasteiger partial charge in [-0.05, 0) is 46.5 Å². The molecule has 1 aliphatic carbocycles. The lowest BCUT2D eigenvalue weighted by atomic mass is 9.83. The largest absolute Gasteiger partial charge is 0.344 e. The first kappa shape index (κ1) is 15.2. The fourth-order valence-corrected chi connectivity index (χ4v) is 2.96. The maximum atomic E-state index is 12.4. The van der Waals surface area contributed by atoms with Crippen molar-refractivity contribution in [2.75, 3.05) is 14.1 Å². The monoisotopic (exact) mass is 362 g/mol. The Morgan fingerprint density at radius 2 is 2.23 bits per heavy atom. The van der Waals surface area contributed by atoms with E-state index in [0.717, 1.165) is 21.6 Å². The van der Waals surface area contributed by atoms with Gasteiger partial charge in [0.15, 0.2) is 0 Å². The molecule has 0 N–H and O–H groups in total. The number of nitrogens with zero attached hydrogens (tertiary/aromatic N) is 4. The molecule has 116 valence electrons. The van der Waals surface area contributed by atoms with Gasteiger partial charge in [0.05, 0.1) is 11.4 Å². The van der Waals surface area contributed by atoms with E-state index in [0.29, 0.717) is 12.3 Å². The molecule has 0 aromatic carbocycles. The number of hydrogen-bond acceptors (Lipinski definition) is 3. The topological polar surface area (TPSA) is 51.0 Å². The van der Waals surface area contributed by atoms with E-state index in [1.165, 1.54) is 23.9 Å². The molecule has 0 atom stereocenters. The number of rotatable bonds is 3. The SMILES string of the molecule is CN(C)C(=O)n1nc(C2CCC2)cc1Cc1cccnc1Br. The molecular weight excluding hydrogens is 344 g/mol. The second kappa shape index (κ2) is 6.20. The number of halogens is 1. The van der Waals surface area contributed by atoms with Gasteiger partial charge in [-0.15, -0.1) is 0 Å². The van der Waals surface area contributed by atoms with Gasteiger partial charge in [0.2, 0.25) is 0 Å². The van der Waals surface area contributed by atoms with Crippen LogP contribution < -0.4 is 0 Å². The van der Waals surface area contributed by atoms with Crippen molar-refractivity contribution in [3.8, 4) is 0 Å². The van der Waals surface area contributed by atoms with E-state index in [4.69, 9.17) is 0 Å². The highest BCUT2D eigenvalue weighted by Gasteiger charge is 2.25. The second-order valence-electron chi connectivity index (χ2n) is 5.91. The van der Waals surface area contributed by atoms with Crippen molar-refractivity contribution in [3.63, 3.8) is 0 Å². The summed E-state index contributed by atoms with van der Waals surface area (Å²) in [5, 5.41) is 4.57. The minimum Gasteiger partial charge on any atom is -0.329 e. The van der Waals surface area contributed by atoms with Crippen molar-refractivity contribution in [1.29, 1.82) is 0 Å². The third kappa shape index (κ3) is 2.92. The maximum absolute atomic E-state index is 12.4. The van der Waals surface area contributed by atoms with Crippen LogP contribution in [0.25, 0.3) is 0 Å². The Balaban J connectivity index is 1.95. The van der Waals surface area contributed by atoms with Crippen molar-refractivity contribution in [1.82, 2.24) is 19.7 Å². The smallest absolute Gasteiger partial charge is 0.329 e. The molecule has 0 bridgehead atoms. The predicted octanol–water partition coefficient (Wildman–Crippen LogP) is 3.43. The van der Waals surface area contributed by atoms with Crippen LogP contribution >= 0.6 is 15.9 Å². The summed E-state index contributed by atoms with van der Waals surface area (Å²) in [4.78, 5) is 18.2. The quantitative estimate of drug-likeness (QED) is 0.785. The molecule has 0 saturated heterocycles. The first-order valence-electron chi connectivity index (χ1n) is 7.46. The lowest BCUT2D eigenvalue weighted by Crippen LogP contribution is -2.29. The van der Waals surface area contributed by atoms with Crippen LogP contribution in [0, 0.1) is 0 Å². The Hall–Kier alpha value is -1.69. The Kier molecular flexibility index (Phi) is 4.29. The molecule has 0 aliphatic heterocycles. The van der Waals surface area contributed by atoms with Crippen LogP contribution in [0.1, 0.15) is 42.1 Å². The number of pyridine rings is 1. The van der Waals surface area contributed by atoms with Gasteiger partial charge < -0.3 is 4.90 Å². The highest BCUT2D eigenvalue weighted by molar-refractivity contribution is 9.10.